The van der Waals surface area contributed by atoms with Crippen molar-refractivity contribution in [1.82, 2.24) is 14.3 Å². The molecule has 0 unspecified atom stereocenters. The zero-order valence-corrected chi connectivity index (χ0v) is 19.5. The van der Waals surface area contributed by atoms with Gasteiger partial charge in [-0.15, -0.1) is 0 Å². The van der Waals surface area contributed by atoms with Crippen molar-refractivity contribution in [2.45, 2.75) is 37.5 Å². The number of nitrogens with zero attached hydrogens (tertiary/aromatic N) is 3. The molecule has 0 radical (unpaired) electrons. The molecule has 0 atom stereocenters. The summed E-state index contributed by atoms with van der Waals surface area (Å²) in [6.45, 7) is 3.72. The van der Waals surface area contributed by atoms with E-state index in [1.165, 1.54) is 32.4 Å². The fourth-order valence-corrected chi connectivity index (χ4v) is 4.87. The number of piperidine rings is 1. The van der Waals surface area contributed by atoms with Gasteiger partial charge in [-0.2, -0.15) is 0 Å². The molecule has 1 heterocycles. The van der Waals surface area contributed by atoms with Gasteiger partial charge in [0.05, 0.1) is 12.1 Å². The molecule has 1 fully saturated rings. The van der Waals surface area contributed by atoms with E-state index in [0.29, 0.717) is 30.4 Å². The van der Waals surface area contributed by atoms with Crippen molar-refractivity contribution in [2.75, 3.05) is 40.8 Å². The van der Waals surface area contributed by atoms with Crippen LogP contribution in [-0.4, -0.2) is 75.3 Å². The first-order valence-electron chi connectivity index (χ1n) is 10.00. The molecule has 0 spiro atoms. The molecule has 168 valence electrons. The van der Waals surface area contributed by atoms with Crippen molar-refractivity contribution >= 4 is 33.4 Å². The van der Waals surface area contributed by atoms with Crippen molar-refractivity contribution < 1.29 is 22.8 Å². The van der Waals surface area contributed by atoms with Gasteiger partial charge in [0.1, 0.15) is 4.90 Å². The van der Waals surface area contributed by atoms with E-state index in [0.717, 1.165) is 19.4 Å². The molecule has 0 aromatic heterocycles. The number of hydrogen-bond donors (Lipinski definition) is 0. The number of unbranched alkanes of at least 4 members (excludes halogenated alkanes) is 1. The summed E-state index contributed by atoms with van der Waals surface area (Å²) in [6.07, 6.45) is 3.18. The predicted molar refractivity (Wildman–Crippen MR) is 115 cm³/mol. The van der Waals surface area contributed by atoms with Gasteiger partial charge >= 0.3 is 0 Å². The number of benzene rings is 1. The molecule has 1 aromatic rings. The summed E-state index contributed by atoms with van der Waals surface area (Å²) in [6, 6.07) is 4.17. The van der Waals surface area contributed by atoms with E-state index in [4.69, 9.17) is 16.4 Å². The Labute approximate surface area is 183 Å². The molecule has 0 bridgehead atoms. The highest BCUT2D eigenvalue weighted by Gasteiger charge is 2.31. The van der Waals surface area contributed by atoms with Crippen LogP contribution in [0, 0.1) is 5.92 Å². The van der Waals surface area contributed by atoms with Gasteiger partial charge in [-0.3, -0.25) is 14.4 Å². The van der Waals surface area contributed by atoms with Crippen LogP contribution in [0.2, 0.25) is 5.02 Å². The Morgan fingerprint density at radius 1 is 1.23 bits per heavy atom. The van der Waals surface area contributed by atoms with Crippen LogP contribution in [0.25, 0.3) is 0 Å². The van der Waals surface area contributed by atoms with E-state index in [1.807, 2.05) is 7.05 Å². The van der Waals surface area contributed by atoms with Gasteiger partial charge in [-0.25, -0.2) is 8.42 Å². The standard InChI is InChI=1S/C20H30ClN3O5S/c1-5-6-11-22(2)19(25)15-9-12-24(13-10-15)20(26)16-7-8-17(21)18(14-16)30(27,28)23(3)29-4/h7-8,14-15H,5-6,9-13H2,1-4H3. The third-order valence-electron chi connectivity index (χ3n) is 5.41. The molecule has 1 aromatic carbocycles. The summed E-state index contributed by atoms with van der Waals surface area (Å²) in [7, 11) is 0.313. The molecule has 8 nitrogen and oxygen atoms in total. The van der Waals surface area contributed by atoms with Crippen LogP contribution in [0.5, 0.6) is 0 Å². The highest BCUT2D eigenvalue weighted by Crippen LogP contribution is 2.27. The molecule has 2 rings (SSSR count). The first-order chi connectivity index (χ1) is 14.1. The number of likely N-dealkylation sites (tertiary alicyclic amines) is 1. The number of sulfonamides is 1. The van der Waals surface area contributed by atoms with E-state index in [9.17, 15) is 18.0 Å². The second-order valence-electron chi connectivity index (χ2n) is 7.42. The van der Waals surface area contributed by atoms with Gasteiger partial charge in [0.25, 0.3) is 15.9 Å². The Morgan fingerprint density at radius 3 is 2.43 bits per heavy atom. The average molecular weight is 460 g/mol. The number of rotatable bonds is 8. The second kappa shape index (κ2) is 10.6. The molecule has 0 saturated carbocycles. The van der Waals surface area contributed by atoms with Gasteiger partial charge in [-0.1, -0.05) is 29.4 Å². The summed E-state index contributed by atoms with van der Waals surface area (Å²) < 4.78 is 25.8. The van der Waals surface area contributed by atoms with Crippen molar-refractivity contribution in [3.63, 3.8) is 0 Å². The lowest BCUT2D eigenvalue weighted by Crippen LogP contribution is -2.43. The molecule has 0 N–H and O–H groups in total. The summed E-state index contributed by atoms with van der Waals surface area (Å²) in [4.78, 5) is 33.5. The minimum atomic E-state index is -3.99. The average Bonchev–Trinajstić information content (AvgIpc) is 2.76. The van der Waals surface area contributed by atoms with E-state index < -0.39 is 10.0 Å². The first kappa shape index (κ1) is 24.6. The van der Waals surface area contributed by atoms with Crippen LogP contribution in [0.15, 0.2) is 23.1 Å². The minimum absolute atomic E-state index is 0.00914. The van der Waals surface area contributed by atoms with Crippen LogP contribution in [0.4, 0.5) is 0 Å². The molecule has 1 aliphatic heterocycles. The summed E-state index contributed by atoms with van der Waals surface area (Å²) in [5, 5.41) is 0.00914. The maximum absolute atomic E-state index is 12.9. The third-order valence-corrected chi connectivity index (χ3v) is 7.57. The van der Waals surface area contributed by atoms with E-state index in [2.05, 4.69) is 6.92 Å². The summed E-state index contributed by atoms with van der Waals surface area (Å²) in [5.74, 6) is -0.251. The molecule has 0 aliphatic carbocycles. The molecular weight excluding hydrogens is 430 g/mol. The van der Waals surface area contributed by atoms with Gasteiger partial charge in [0.15, 0.2) is 0 Å². The van der Waals surface area contributed by atoms with E-state index >= 15 is 0 Å². The largest absolute Gasteiger partial charge is 0.346 e. The van der Waals surface area contributed by atoms with Crippen LogP contribution in [0.3, 0.4) is 0 Å². The van der Waals surface area contributed by atoms with Crippen molar-refractivity contribution in [2.24, 2.45) is 5.92 Å². The topological polar surface area (TPSA) is 87.2 Å². The third kappa shape index (κ3) is 5.51. The number of halogens is 1. The normalized spacial score (nSPS) is 15.5. The molecular formula is C20H30ClN3O5S. The molecule has 2 amide bonds. The second-order valence-corrected chi connectivity index (χ2v) is 9.73. The van der Waals surface area contributed by atoms with Crippen LogP contribution < -0.4 is 0 Å². The Hall–Kier alpha value is -1.68. The molecule has 1 aliphatic rings. The Morgan fingerprint density at radius 2 is 1.87 bits per heavy atom. The number of carbonyl (C=O) groups is 2. The van der Waals surface area contributed by atoms with Crippen LogP contribution in [-0.2, 0) is 19.7 Å². The first-order valence-corrected chi connectivity index (χ1v) is 11.8. The lowest BCUT2D eigenvalue weighted by atomic mass is 9.95. The highest BCUT2D eigenvalue weighted by atomic mass is 35.5. The fourth-order valence-electron chi connectivity index (χ4n) is 3.40. The lowest BCUT2D eigenvalue weighted by Gasteiger charge is -2.33. The predicted octanol–water partition coefficient (Wildman–Crippen LogP) is 2.63. The molecule has 10 heteroatoms. The SMILES string of the molecule is CCCCN(C)C(=O)C1CCN(C(=O)c2ccc(Cl)c(S(=O)(=O)N(C)OC)c2)CC1. The number of carbonyl (C=O) groups excluding carboxylic acids is 2. The number of hydroxylamine groups is 1. The number of amides is 2. The molecule has 30 heavy (non-hydrogen) atoms. The van der Waals surface area contributed by atoms with Crippen molar-refractivity contribution in [3.05, 3.63) is 28.8 Å². The monoisotopic (exact) mass is 459 g/mol. The smallest absolute Gasteiger partial charge is 0.266 e. The quantitative estimate of drug-likeness (QED) is 0.557. The summed E-state index contributed by atoms with van der Waals surface area (Å²) >= 11 is 6.06. The summed E-state index contributed by atoms with van der Waals surface area (Å²) in [5.41, 5.74) is 0.229. The Balaban J connectivity index is 2.09. The lowest BCUT2D eigenvalue weighted by molar-refractivity contribution is -0.135. The maximum Gasteiger partial charge on any atom is 0.266 e. The molecule has 1 saturated heterocycles. The van der Waals surface area contributed by atoms with Gasteiger partial charge < -0.3 is 9.80 Å². The highest BCUT2D eigenvalue weighted by molar-refractivity contribution is 7.89. The minimum Gasteiger partial charge on any atom is -0.346 e. The zero-order valence-electron chi connectivity index (χ0n) is 17.9. The van der Waals surface area contributed by atoms with Gasteiger partial charge in [0, 0.05) is 45.2 Å². The van der Waals surface area contributed by atoms with Crippen LogP contribution >= 0.6 is 11.6 Å². The zero-order chi connectivity index (χ0) is 22.5. The van der Waals surface area contributed by atoms with Crippen molar-refractivity contribution in [1.29, 1.82) is 0 Å². The fraction of sp³-hybridized carbons (Fsp3) is 0.600. The van der Waals surface area contributed by atoms with Gasteiger partial charge in [0.2, 0.25) is 5.91 Å². The van der Waals surface area contributed by atoms with E-state index in [1.54, 1.807) is 9.80 Å². The van der Waals surface area contributed by atoms with Gasteiger partial charge in [-0.05, 0) is 37.5 Å². The van der Waals surface area contributed by atoms with Crippen LogP contribution in [0.1, 0.15) is 43.0 Å². The number of hydrogen-bond acceptors (Lipinski definition) is 5. The Kier molecular flexibility index (Phi) is 8.66. The van der Waals surface area contributed by atoms with Crippen molar-refractivity contribution in [3.8, 4) is 0 Å². The maximum atomic E-state index is 12.9. The Bertz CT molecular complexity index is 869. The van der Waals surface area contributed by atoms with E-state index in [-0.39, 0.29) is 33.2 Å².